The Morgan fingerprint density at radius 2 is 1.96 bits per heavy atom. The van der Waals surface area contributed by atoms with Crippen molar-refractivity contribution in [3.63, 3.8) is 0 Å². The predicted octanol–water partition coefficient (Wildman–Crippen LogP) is 2.42. The van der Waals surface area contributed by atoms with E-state index in [9.17, 15) is 15.4 Å². The molecule has 0 radical (unpaired) electrons. The maximum absolute atomic E-state index is 10.8. The third-order valence-electron chi connectivity index (χ3n) is 3.25. The lowest BCUT2D eigenvalue weighted by atomic mass is 10.1. The number of hydrogen-bond donors (Lipinski definition) is 0. The molecule has 23 heavy (non-hydrogen) atoms. The zero-order valence-electron chi connectivity index (χ0n) is 12.0. The van der Waals surface area contributed by atoms with E-state index in [-0.39, 0.29) is 11.3 Å². The first-order chi connectivity index (χ1) is 11.1. The molecule has 0 fully saturated rings. The van der Waals surface area contributed by atoms with Crippen LogP contribution in [0.4, 0.5) is 5.69 Å². The molecule has 3 rings (SSSR count). The molecule has 0 spiro atoms. The average Bonchev–Trinajstić information content (AvgIpc) is 3.04. The highest BCUT2D eigenvalue weighted by Crippen LogP contribution is 2.21. The van der Waals surface area contributed by atoms with Crippen LogP contribution in [-0.4, -0.2) is 25.1 Å². The molecule has 0 N–H and O–H groups in total. The molecule has 0 atom stereocenters. The molecule has 0 aliphatic carbocycles. The van der Waals surface area contributed by atoms with Crippen molar-refractivity contribution >= 4 is 5.69 Å². The highest BCUT2D eigenvalue weighted by Gasteiger charge is 2.15. The monoisotopic (exact) mass is 306 g/mol. The van der Waals surface area contributed by atoms with Crippen LogP contribution >= 0.6 is 0 Å². The zero-order valence-corrected chi connectivity index (χ0v) is 12.0. The summed E-state index contributed by atoms with van der Waals surface area (Å²) in [5.74, 6) is 0.409. The van der Waals surface area contributed by atoms with Gasteiger partial charge in [-0.15, -0.1) is 15.0 Å². The number of nitriles is 1. The standard InChI is InChI=1S/C15H10N6O2/c1-10-2-4-11(5-3-10)15-17-19-20(18-15)14-7-6-13(21(22)23)8-12(14)9-16/h2-8H,1H3. The van der Waals surface area contributed by atoms with E-state index in [1.165, 1.54) is 23.0 Å². The van der Waals surface area contributed by atoms with Gasteiger partial charge < -0.3 is 0 Å². The Kier molecular flexibility index (Phi) is 3.52. The largest absolute Gasteiger partial charge is 0.270 e. The maximum atomic E-state index is 10.8. The summed E-state index contributed by atoms with van der Waals surface area (Å²) in [5, 5.41) is 32.1. The SMILES string of the molecule is Cc1ccc(-c2nnn(-c3ccc([N+](=O)[O-])cc3C#N)n2)cc1. The number of tetrazole rings is 1. The van der Waals surface area contributed by atoms with Crippen molar-refractivity contribution in [2.45, 2.75) is 6.92 Å². The second kappa shape index (κ2) is 5.65. The lowest BCUT2D eigenvalue weighted by Gasteiger charge is -2.01. The topological polar surface area (TPSA) is 111 Å². The van der Waals surface area contributed by atoms with Gasteiger partial charge in [-0.05, 0) is 18.2 Å². The van der Waals surface area contributed by atoms with Crippen LogP contribution in [0, 0.1) is 28.4 Å². The minimum Gasteiger partial charge on any atom is -0.258 e. The van der Waals surface area contributed by atoms with Gasteiger partial charge >= 0.3 is 0 Å². The molecule has 0 saturated carbocycles. The summed E-state index contributed by atoms with van der Waals surface area (Å²) in [7, 11) is 0. The molecule has 2 aromatic carbocycles. The molecule has 0 amide bonds. The van der Waals surface area contributed by atoms with E-state index >= 15 is 0 Å². The third kappa shape index (κ3) is 2.75. The molecular weight excluding hydrogens is 296 g/mol. The molecular formula is C15H10N6O2. The number of hydrogen-bond acceptors (Lipinski definition) is 6. The first-order valence-electron chi connectivity index (χ1n) is 6.64. The normalized spacial score (nSPS) is 10.3. The Labute approximate surface area is 130 Å². The Morgan fingerprint density at radius 1 is 1.22 bits per heavy atom. The van der Waals surface area contributed by atoms with E-state index in [4.69, 9.17) is 0 Å². The molecule has 0 aliphatic rings. The Balaban J connectivity index is 2.02. The average molecular weight is 306 g/mol. The smallest absolute Gasteiger partial charge is 0.258 e. The molecule has 0 saturated heterocycles. The van der Waals surface area contributed by atoms with Crippen molar-refractivity contribution in [1.82, 2.24) is 20.2 Å². The highest BCUT2D eigenvalue weighted by molar-refractivity contribution is 5.56. The van der Waals surface area contributed by atoms with Crippen LogP contribution in [0.1, 0.15) is 11.1 Å². The van der Waals surface area contributed by atoms with E-state index < -0.39 is 4.92 Å². The zero-order chi connectivity index (χ0) is 16.4. The third-order valence-corrected chi connectivity index (χ3v) is 3.25. The Morgan fingerprint density at radius 3 is 2.61 bits per heavy atom. The van der Waals surface area contributed by atoms with E-state index in [1.807, 2.05) is 37.3 Å². The van der Waals surface area contributed by atoms with E-state index in [2.05, 4.69) is 15.4 Å². The number of aryl methyl sites for hydroxylation is 1. The first kappa shape index (κ1) is 14.3. The lowest BCUT2D eigenvalue weighted by Crippen LogP contribution is -2.03. The Bertz CT molecular complexity index is 924. The van der Waals surface area contributed by atoms with Crippen LogP contribution < -0.4 is 0 Å². The predicted molar refractivity (Wildman–Crippen MR) is 80.7 cm³/mol. The lowest BCUT2D eigenvalue weighted by molar-refractivity contribution is -0.384. The number of benzene rings is 2. The number of nitro groups is 1. The van der Waals surface area contributed by atoms with E-state index in [1.54, 1.807) is 0 Å². The molecule has 112 valence electrons. The van der Waals surface area contributed by atoms with Crippen molar-refractivity contribution in [1.29, 1.82) is 5.26 Å². The van der Waals surface area contributed by atoms with Crippen molar-refractivity contribution in [2.24, 2.45) is 0 Å². The van der Waals surface area contributed by atoms with Gasteiger partial charge in [0.1, 0.15) is 11.8 Å². The molecule has 1 aromatic heterocycles. The summed E-state index contributed by atoms with van der Waals surface area (Å²) in [6.45, 7) is 1.98. The second-order valence-corrected chi connectivity index (χ2v) is 4.84. The van der Waals surface area contributed by atoms with Crippen molar-refractivity contribution in [3.05, 3.63) is 63.7 Å². The van der Waals surface area contributed by atoms with Crippen LogP contribution in [-0.2, 0) is 0 Å². The van der Waals surface area contributed by atoms with Crippen molar-refractivity contribution in [2.75, 3.05) is 0 Å². The number of nitrogens with zero attached hydrogens (tertiary/aromatic N) is 6. The van der Waals surface area contributed by atoms with Crippen LogP contribution in [0.15, 0.2) is 42.5 Å². The van der Waals surface area contributed by atoms with Gasteiger partial charge in [-0.25, -0.2) is 0 Å². The van der Waals surface area contributed by atoms with Gasteiger partial charge in [0.15, 0.2) is 0 Å². The number of non-ortho nitro benzene ring substituents is 1. The molecule has 1 heterocycles. The minimum atomic E-state index is -0.558. The summed E-state index contributed by atoms with van der Waals surface area (Å²) in [6, 6.07) is 13.4. The van der Waals surface area contributed by atoms with Crippen LogP contribution in [0.2, 0.25) is 0 Å². The number of rotatable bonds is 3. The highest BCUT2D eigenvalue weighted by atomic mass is 16.6. The van der Waals surface area contributed by atoms with Gasteiger partial charge in [-0.2, -0.15) is 5.26 Å². The quantitative estimate of drug-likeness (QED) is 0.542. The summed E-state index contributed by atoms with van der Waals surface area (Å²) >= 11 is 0. The van der Waals surface area contributed by atoms with Crippen LogP contribution in [0.3, 0.4) is 0 Å². The van der Waals surface area contributed by atoms with Crippen molar-refractivity contribution < 1.29 is 4.92 Å². The van der Waals surface area contributed by atoms with Crippen molar-refractivity contribution in [3.8, 4) is 23.1 Å². The van der Waals surface area contributed by atoms with E-state index in [0.717, 1.165) is 11.1 Å². The fourth-order valence-electron chi connectivity index (χ4n) is 2.04. The molecule has 8 nitrogen and oxygen atoms in total. The maximum Gasteiger partial charge on any atom is 0.270 e. The van der Waals surface area contributed by atoms with Gasteiger partial charge in [0.05, 0.1) is 10.5 Å². The molecule has 0 unspecified atom stereocenters. The summed E-state index contributed by atoms with van der Waals surface area (Å²) in [5.41, 5.74) is 2.19. The summed E-state index contributed by atoms with van der Waals surface area (Å²) < 4.78 is 0. The van der Waals surface area contributed by atoms with Crippen LogP contribution in [0.25, 0.3) is 17.1 Å². The molecule has 8 heteroatoms. The van der Waals surface area contributed by atoms with Gasteiger partial charge in [0.25, 0.3) is 5.69 Å². The van der Waals surface area contributed by atoms with Gasteiger partial charge in [-0.1, -0.05) is 29.8 Å². The van der Waals surface area contributed by atoms with Gasteiger partial charge in [0.2, 0.25) is 5.82 Å². The molecule has 3 aromatic rings. The van der Waals surface area contributed by atoms with Gasteiger partial charge in [-0.3, -0.25) is 10.1 Å². The van der Waals surface area contributed by atoms with Crippen LogP contribution in [0.5, 0.6) is 0 Å². The molecule has 0 aliphatic heterocycles. The van der Waals surface area contributed by atoms with E-state index in [0.29, 0.717) is 11.5 Å². The fraction of sp³-hybridized carbons (Fsp3) is 0.0667. The first-order valence-corrected chi connectivity index (χ1v) is 6.64. The number of aromatic nitrogens is 4. The summed E-state index contributed by atoms with van der Waals surface area (Å²) in [6.07, 6.45) is 0. The minimum absolute atomic E-state index is 0.104. The number of nitro benzene ring substituents is 1. The molecule has 0 bridgehead atoms. The van der Waals surface area contributed by atoms with Gasteiger partial charge in [0, 0.05) is 17.7 Å². The summed E-state index contributed by atoms with van der Waals surface area (Å²) in [4.78, 5) is 11.4. The Hall–Kier alpha value is -3.60. The second-order valence-electron chi connectivity index (χ2n) is 4.84. The fourth-order valence-corrected chi connectivity index (χ4v) is 2.04.